The molecule has 0 aromatic carbocycles. The summed E-state index contributed by atoms with van der Waals surface area (Å²) in [5, 5.41) is 13.1. The molecule has 0 radical (unpaired) electrons. The summed E-state index contributed by atoms with van der Waals surface area (Å²) in [6, 6.07) is 1.66. The van der Waals surface area contributed by atoms with E-state index in [9.17, 15) is 9.90 Å². The van der Waals surface area contributed by atoms with Gasteiger partial charge in [0, 0.05) is 25.2 Å². The summed E-state index contributed by atoms with van der Waals surface area (Å²) >= 11 is 5.87. The maximum Gasteiger partial charge on any atom is 0.267 e. The van der Waals surface area contributed by atoms with E-state index in [-0.39, 0.29) is 17.9 Å². The van der Waals surface area contributed by atoms with Crippen molar-refractivity contribution >= 4 is 17.5 Å². The van der Waals surface area contributed by atoms with Crippen molar-refractivity contribution in [3.8, 4) is 0 Å². The molecule has 1 aliphatic rings. The lowest BCUT2D eigenvalue weighted by Crippen LogP contribution is -2.41. The maximum absolute atomic E-state index is 12.1. The largest absolute Gasteiger partial charge is 0.396 e. The molecule has 0 atom stereocenters. The van der Waals surface area contributed by atoms with Crippen LogP contribution < -0.4 is 5.32 Å². The van der Waals surface area contributed by atoms with Gasteiger partial charge < -0.3 is 15.0 Å². The normalized spacial score (nSPS) is 18.3. The monoisotopic (exact) mass is 284 g/mol. The third-order valence-corrected chi connectivity index (χ3v) is 4.28. The first-order valence-electron chi connectivity index (χ1n) is 6.77. The SMILES string of the molecule is Cn1cc(Cl)cc1C(=O)NCC1(CO)CCCCC1. The van der Waals surface area contributed by atoms with Gasteiger partial charge in [0.25, 0.3) is 5.91 Å². The van der Waals surface area contributed by atoms with E-state index in [4.69, 9.17) is 11.6 Å². The third-order valence-electron chi connectivity index (χ3n) is 4.08. The number of rotatable bonds is 4. The molecule has 0 spiro atoms. The van der Waals surface area contributed by atoms with Crippen LogP contribution in [0, 0.1) is 5.41 Å². The van der Waals surface area contributed by atoms with Gasteiger partial charge in [-0.15, -0.1) is 0 Å². The number of hydrogen-bond donors (Lipinski definition) is 2. The molecule has 19 heavy (non-hydrogen) atoms. The highest BCUT2D eigenvalue weighted by Gasteiger charge is 2.31. The lowest BCUT2D eigenvalue weighted by Gasteiger charge is -2.35. The molecule has 1 aromatic rings. The molecule has 0 bridgehead atoms. The average molecular weight is 285 g/mol. The fraction of sp³-hybridized carbons (Fsp3) is 0.643. The standard InChI is InChI=1S/C14H21ClN2O2/c1-17-8-11(15)7-12(17)13(19)16-9-14(10-18)5-3-2-4-6-14/h7-8,18H,2-6,9-10H2,1H3,(H,16,19). The number of halogens is 1. The highest BCUT2D eigenvalue weighted by atomic mass is 35.5. The van der Waals surface area contributed by atoms with E-state index in [1.807, 2.05) is 0 Å². The summed E-state index contributed by atoms with van der Waals surface area (Å²) < 4.78 is 1.71. The van der Waals surface area contributed by atoms with Gasteiger partial charge in [-0.25, -0.2) is 0 Å². The van der Waals surface area contributed by atoms with Gasteiger partial charge >= 0.3 is 0 Å². The second-order valence-corrected chi connectivity index (χ2v) is 5.99. The number of aryl methyl sites for hydroxylation is 1. The molecule has 1 aliphatic carbocycles. The van der Waals surface area contributed by atoms with Crippen molar-refractivity contribution < 1.29 is 9.90 Å². The van der Waals surface area contributed by atoms with Crippen LogP contribution in [0.5, 0.6) is 0 Å². The van der Waals surface area contributed by atoms with Crippen molar-refractivity contribution in [3.63, 3.8) is 0 Å². The zero-order chi connectivity index (χ0) is 13.9. The Labute approximate surface area is 118 Å². The molecule has 2 N–H and O–H groups in total. The van der Waals surface area contributed by atoms with Gasteiger partial charge in [-0.3, -0.25) is 4.79 Å². The lowest BCUT2D eigenvalue weighted by atomic mass is 9.74. The Morgan fingerprint density at radius 1 is 1.47 bits per heavy atom. The zero-order valence-electron chi connectivity index (χ0n) is 11.3. The number of aromatic nitrogens is 1. The molecule has 0 aliphatic heterocycles. The van der Waals surface area contributed by atoms with E-state index in [1.165, 1.54) is 6.42 Å². The Hall–Kier alpha value is -1.00. The molecule has 1 saturated carbocycles. The predicted molar refractivity (Wildman–Crippen MR) is 75.4 cm³/mol. The van der Waals surface area contributed by atoms with Crippen LogP contribution >= 0.6 is 11.6 Å². The van der Waals surface area contributed by atoms with Crippen molar-refractivity contribution in [2.24, 2.45) is 12.5 Å². The molecule has 0 unspecified atom stereocenters. The average Bonchev–Trinajstić information content (AvgIpc) is 2.76. The van der Waals surface area contributed by atoms with Crippen LogP contribution in [0.25, 0.3) is 0 Å². The minimum Gasteiger partial charge on any atom is -0.396 e. The molecule has 5 heteroatoms. The van der Waals surface area contributed by atoms with Crippen molar-refractivity contribution in [2.75, 3.05) is 13.2 Å². The molecular formula is C14H21ClN2O2. The van der Waals surface area contributed by atoms with E-state index in [0.717, 1.165) is 25.7 Å². The molecule has 4 nitrogen and oxygen atoms in total. The van der Waals surface area contributed by atoms with E-state index >= 15 is 0 Å². The molecule has 1 amide bonds. The Morgan fingerprint density at radius 3 is 2.68 bits per heavy atom. The summed E-state index contributed by atoms with van der Waals surface area (Å²) in [7, 11) is 1.79. The van der Waals surface area contributed by atoms with E-state index in [1.54, 1.807) is 23.9 Å². The number of carbonyl (C=O) groups excluding carboxylic acids is 1. The topological polar surface area (TPSA) is 54.3 Å². The molecule has 2 rings (SSSR count). The summed E-state index contributed by atoms with van der Waals surface area (Å²) in [5.41, 5.74) is 0.414. The zero-order valence-corrected chi connectivity index (χ0v) is 12.0. The van der Waals surface area contributed by atoms with Crippen LogP contribution in [0.1, 0.15) is 42.6 Å². The van der Waals surface area contributed by atoms with Crippen LogP contribution in [0.15, 0.2) is 12.3 Å². The Kier molecular flexibility index (Phi) is 4.53. The highest BCUT2D eigenvalue weighted by molar-refractivity contribution is 6.31. The minimum atomic E-state index is -0.136. The fourth-order valence-electron chi connectivity index (χ4n) is 2.80. The van der Waals surface area contributed by atoms with Gasteiger partial charge in [0.2, 0.25) is 0 Å². The lowest BCUT2D eigenvalue weighted by molar-refractivity contribution is 0.0714. The summed E-state index contributed by atoms with van der Waals surface area (Å²) in [5.74, 6) is -0.132. The molecule has 1 fully saturated rings. The van der Waals surface area contributed by atoms with Crippen molar-refractivity contribution in [1.29, 1.82) is 0 Å². The van der Waals surface area contributed by atoms with Crippen molar-refractivity contribution in [1.82, 2.24) is 9.88 Å². The summed E-state index contributed by atoms with van der Waals surface area (Å²) in [6.45, 7) is 0.673. The summed E-state index contributed by atoms with van der Waals surface area (Å²) in [4.78, 5) is 12.1. The van der Waals surface area contributed by atoms with Crippen LogP contribution in [0.2, 0.25) is 5.02 Å². The first-order chi connectivity index (χ1) is 9.06. The molecule has 106 valence electrons. The fourth-order valence-corrected chi connectivity index (χ4v) is 3.05. The van der Waals surface area contributed by atoms with E-state index in [0.29, 0.717) is 17.3 Å². The number of aliphatic hydroxyl groups is 1. The van der Waals surface area contributed by atoms with Crippen molar-refractivity contribution in [3.05, 3.63) is 23.0 Å². The molecule has 1 heterocycles. The van der Waals surface area contributed by atoms with Gasteiger partial charge in [-0.1, -0.05) is 30.9 Å². The van der Waals surface area contributed by atoms with Gasteiger partial charge in [0.05, 0.1) is 11.6 Å². The number of aliphatic hydroxyl groups excluding tert-OH is 1. The Bertz CT molecular complexity index is 450. The highest BCUT2D eigenvalue weighted by Crippen LogP contribution is 2.35. The van der Waals surface area contributed by atoms with E-state index < -0.39 is 0 Å². The van der Waals surface area contributed by atoms with Gasteiger partial charge in [0.1, 0.15) is 5.69 Å². The minimum absolute atomic E-state index is 0.132. The molecular weight excluding hydrogens is 264 g/mol. The van der Waals surface area contributed by atoms with Gasteiger partial charge in [-0.05, 0) is 18.9 Å². The number of nitrogens with one attached hydrogen (secondary N) is 1. The predicted octanol–water partition coefficient (Wildman–Crippen LogP) is 2.35. The van der Waals surface area contributed by atoms with Gasteiger partial charge in [-0.2, -0.15) is 0 Å². The first kappa shape index (κ1) is 14.4. The van der Waals surface area contributed by atoms with Crippen LogP contribution in [-0.2, 0) is 7.05 Å². The van der Waals surface area contributed by atoms with Crippen molar-refractivity contribution in [2.45, 2.75) is 32.1 Å². The molecule has 1 aromatic heterocycles. The van der Waals surface area contributed by atoms with Crippen LogP contribution in [0.3, 0.4) is 0 Å². The summed E-state index contributed by atoms with van der Waals surface area (Å²) in [6.07, 6.45) is 7.16. The number of carbonyl (C=O) groups is 1. The smallest absolute Gasteiger partial charge is 0.267 e. The number of nitrogens with zero attached hydrogens (tertiary/aromatic N) is 1. The third kappa shape index (κ3) is 3.31. The second kappa shape index (κ2) is 5.97. The van der Waals surface area contributed by atoms with Crippen LogP contribution in [-0.4, -0.2) is 28.7 Å². The Balaban J connectivity index is 1.97. The maximum atomic E-state index is 12.1. The quantitative estimate of drug-likeness (QED) is 0.892. The van der Waals surface area contributed by atoms with Gasteiger partial charge in [0.15, 0.2) is 0 Å². The van der Waals surface area contributed by atoms with E-state index in [2.05, 4.69) is 5.32 Å². The number of hydrogen-bond acceptors (Lipinski definition) is 2. The van der Waals surface area contributed by atoms with Crippen LogP contribution in [0.4, 0.5) is 0 Å². The Morgan fingerprint density at radius 2 is 2.16 bits per heavy atom. The first-order valence-corrected chi connectivity index (χ1v) is 7.15. The number of amides is 1. The second-order valence-electron chi connectivity index (χ2n) is 5.56. The molecule has 0 saturated heterocycles.